The average Bonchev–Trinajstić information content (AvgIpc) is 2.83. The monoisotopic (exact) mass is 494 g/mol. The highest BCUT2D eigenvalue weighted by atomic mass is 19.4. The van der Waals surface area contributed by atoms with Crippen molar-refractivity contribution in [3.8, 4) is 16.9 Å². The Kier molecular flexibility index (Phi) is 8.38. The lowest BCUT2D eigenvalue weighted by Gasteiger charge is -2.37. The van der Waals surface area contributed by atoms with Crippen molar-refractivity contribution in [1.82, 2.24) is 0 Å². The van der Waals surface area contributed by atoms with Crippen molar-refractivity contribution >= 4 is 0 Å². The van der Waals surface area contributed by atoms with Gasteiger partial charge in [0, 0.05) is 0 Å². The second-order valence-electron chi connectivity index (χ2n) is 10.5. The summed E-state index contributed by atoms with van der Waals surface area (Å²) < 4.78 is 72.2. The molecular formula is C29H35F5O. The summed E-state index contributed by atoms with van der Waals surface area (Å²) in [6, 6.07) is 8.06. The van der Waals surface area contributed by atoms with Gasteiger partial charge in [-0.15, -0.1) is 0 Å². The Labute approximate surface area is 205 Å². The van der Waals surface area contributed by atoms with Crippen LogP contribution < -0.4 is 4.74 Å². The van der Waals surface area contributed by atoms with Crippen LogP contribution in [0, 0.1) is 35.3 Å². The molecule has 0 N–H and O–H groups in total. The summed E-state index contributed by atoms with van der Waals surface area (Å²) in [5.41, 5.74) is -1.38. The minimum absolute atomic E-state index is 0.0570. The number of ether oxygens (including phenoxy) is 1. The average molecular weight is 495 g/mol. The molecule has 2 saturated carbocycles. The third-order valence-corrected chi connectivity index (χ3v) is 8.15. The molecule has 0 spiro atoms. The minimum atomic E-state index is -5.07. The van der Waals surface area contributed by atoms with E-state index in [-0.39, 0.29) is 5.56 Å². The summed E-state index contributed by atoms with van der Waals surface area (Å²) in [6.07, 6.45) is 8.15. The molecule has 2 aromatic carbocycles. The Morgan fingerprint density at radius 3 is 1.74 bits per heavy atom. The molecule has 0 heterocycles. The molecular weight excluding hydrogens is 459 g/mol. The van der Waals surface area contributed by atoms with Crippen LogP contribution in [-0.2, 0) is 6.18 Å². The van der Waals surface area contributed by atoms with Crippen LogP contribution in [-0.4, -0.2) is 6.61 Å². The molecule has 2 aliphatic rings. The molecule has 0 atom stereocenters. The summed E-state index contributed by atoms with van der Waals surface area (Å²) in [5.74, 6) is 0.660. The second-order valence-corrected chi connectivity index (χ2v) is 10.5. The standard InChI is InChI=1S/C29H35F5O/c1-2-3-19-4-8-21(9-5-19)22-10-6-20(7-11-22)18-35-25-14-12-23(13-15-25)24-16-26(30)28(27(31)17-24)29(32,33)34/h12-17,19-22H,2-11,18H2,1H3/t19-,20?,21-,22?. The number of alkyl halides is 3. The second kappa shape index (κ2) is 11.3. The van der Waals surface area contributed by atoms with E-state index in [0.717, 1.165) is 29.9 Å². The van der Waals surface area contributed by atoms with E-state index in [1.807, 2.05) is 0 Å². The Balaban J connectivity index is 1.25. The zero-order valence-corrected chi connectivity index (χ0v) is 20.3. The fourth-order valence-corrected chi connectivity index (χ4v) is 6.15. The van der Waals surface area contributed by atoms with Crippen molar-refractivity contribution in [2.24, 2.45) is 23.7 Å². The van der Waals surface area contributed by atoms with Crippen molar-refractivity contribution in [1.29, 1.82) is 0 Å². The third-order valence-electron chi connectivity index (χ3n) is 8.15. The lowest BCUT2D eigenvalue weighted by molar-refractivity contribution is -0.142. The maximum absolute atomic E-state index is 13.9. The van der Waals surface area contributed by atoms with Gasteiger partial charge in [-0.05, 0) is 97.6 Å². The molecule has 2 fully saturated rings. The van der Waals surface area contributed by atoms with Crippen LogP contribution >= 0.6 is 0 Å². The molecule has 192 valence electrons. The molecule has 0 aliphatic heterocycles. The first-order valence-corrected chi connectivity index (χ1v) is 13.0. The molecule has 2 aliphatic carbocycles. The third kappa shape index (κ3) is 6.56. The van der Waals surface area contributed by atoms with Gasteiger partial charge < -0.3 is 4.74 Å². The van der Waals surface area contributed by atoms with Gasteiger partial charge >= 0.3 is 6.18 Å². The zero-order valence-electron chi connectivity index (χ0n) is 20.3. The van der Waals surface area contributed by atoms with Crippen LogP contribution in [0.15, 0.2) is 36.4 Å². The van der Waals surface area contributed by atoms with E-state index in [2.05, 4.69) is 6.92 Å². The predicted molar refractivity (Wildman–Crippen MR) is 128 cm³/mol. The number of hydrogen-bond donors (Lipinski definition) is 0. The lowest BCUT2D eigenvalue weighted by atomic mass is 9.69. The SMILES string of the molecule is CCC[C@H]1CC[C@H](C2CCC(COc3ccc(-c4cc(F)c(C(F)(F)F)c(F)c4)cc3)CC2)CC1. The van der Waals surface area contributed by atoms with Crippen LogP contribution in [0.3, 0.4) is 0 Å². The maximum Gasteiger partial charge on any atom is 0.422 e. The zero-order chi connectivity index (χ0) is 25.0. The summed E-state index contributed by atoms with van der Waals surface area (Å²) in [4.78, 5) is 0. The van der Waals surface area contributed by atoms with Crippen LogP contribution in [0.4, 0.5) is 22.0 Å². The highest BCUT2D eigenvalue weighted by molar-refractivity contribution is 5.65. The van der Waals surface area contributed by atoms with E-state index in [9.17, 15) is 22.0 Å². The van der Waals surface area contributed by atoms with E-state index in [4.69, 9.17) is 4.74 Å². The van der Waals surface area contributed by atoms with Gasteiger partial charge in [0.05, 0.1) is 6.61 Å². The predicted octanol–water partition coefficient (Wildman–Crippen LogP) is 9.44. The van der Waals surface area contributed by atoms with Gasteiger partial charge in [0.2, 0.25) is 0 Å². The fraction of sp³-hybridized carbons (Fsp3) is 0.586. The molecule has 0 unspecified atom stereocenters. The summed E-state index contributed by atoms with van der Waals surface area (Å²) >= 11 is 0. The Bertz CT molecular complexity index is 929. The Morgan fingerprint density at radius 2 is 1.26 bits per heavy atom. The van der Waals surface area contributed by atoms with Gasteiger partial charge in [-0.1, -0.05) is 44.7 Å². The Morgan fingerprint density at radius 1 is 0.743 bits per heavy atom. The lowest BCUT2D eigenvalue weighted by Crippen LogP contribution is -2.27. The maximum atomic E-state index is 13.9. The molecule has 4 rings (SSSR count). The van der Waals surface area contributed by atoms with Gasteiger partial charge in [0.15, 0.2) is 0 Å². The molecule has 0 aromatic heterocycles. The van der Waals surface area contributed by atoms with Crippen LogP contribution in [0.1, 0.15) is 76.7 Å². The molecule has 0 saturated heterocycles. The van der Waals surface area contributed by atoms with E-state index in [1.54, 1.807) is 24.3 Å². The minimum Gasteiger partial charge on any atom is -0.493 e. The van der Waals surface area contributed by atoms with E-state index in [0.29, 0.717) is 23.8 Å². The van der Waals surface area contributed by atoms with Gasteiger partial charge in [0.25, 0.3) is 0 Å². The summed E-state index contributed by atoms with van der Waals surface area (Å²) in [5, 5.41) is 0. The fourth-order valence-electron chi connectivity index (χ4n) is 6.15. The van der Waals surface area contributed by atoms with E-state index in [1.165, 1.54) is 64.2 Å². The van der Waals surface area contributed by atoms with E-state index >= 15 is 0 Å². The normalized spacial score (nSPS) is 25.4. The van der Waals surface area contributed by atoms with Gasteiger partial charge in [0.1, 0.15) is 22.9 Å². The number of hydrogen-bond acceptors (Lipinski definition) is 1. The molecule has 0 amide bonds. The van der Waals surface area contributed by atoms with E-state index < -0.39 is 23.4 Å². The largest absolute Gasteiger partial charge is 0.493 e. The van der Waals surface area contributed by atoms with Crippen molar-refractivity contribution in [2.45, 2.75) is 77.3 Å². The smallest absolute Gasteiger partial charge is 0.422 e. The topological polar surface area (TPSA) is 9.23 Å². The van der Waals surface area contributed by atoms with Crippen molar-refractivity contribution in [3.63, 3.8) is 0 Å². The van der Waals surface area contributed by atoms with Crippen LogP contribution in [0.25, 0.3) is 11.1 Å². The molecule has 6 heteroatoms. The summed E-state index contributed by atoms with van der Waals surface area (Å²) in [7, 11) is 0. The van der Waals surface area contributed by atoms with Crippen LogP contribution in [0.2, 0.25) is 0 Å². The molecule has 0 radical (unpaired) electrons. The van der Waals surface area contributed by atoms with Crippen LogP contribution in [0.5, 0.6) is 5.75 Å². The van der Waals surface area contributed by atoms with Crippen molar-refractivity contribution in [2.75, 3.05) is 6.61 Å². The first-order valence-electron chi connectivity index (χ1n) is 13.0. The van der Waals surface area contributed by atoms with Gasteiger partial charge in [-0.2, -0.15) is 13.2 Å². The molecule has 1 nitrogen and oxygen atoms in total. The quantitative estimate of drug-likeness (QED) is 0.348. The van der Waals surface area contributed by atoms with Crippen molar-refractivity contribution in [3.05, 3.63) is 53.6 Å². The van der Waals surface area contributed by atoms with Gasteiger partial charge in [-0.25, -0.2) is 8.78 Å². The first-order chi connectivity index (χ1) is 16.7. The summed E-state index contributed by atoms with van der Waals surface area (Å²) in [6.45, 7) is 2.92. The Hall–Kier alpha value is -2.11. The molecule has 0 bridgehead atoms. The van der Waals surface area contributed by atoms with Crippen molar-refractivity contribution < 1.29 is 26.7 Å². The number of halogens is 5. The van der Waals surface area contributed by atoms with Gasteiger partial charge in [-0.3, -0.25) is 0 Å². The number of rotatable bonds is 7. The molecule has 35 heavy (non-hydrogen) atoms. The highest BCUT2D eigenvalue weighted by Gasteiger charge is 2.38. The highest BCUT2D eigenvalue weighted by Crippen LogP contribution is 2.42. The first kappa shape index (κ1) is 26.0. The molecule has 2 aromatic rings. The number of benzene rings is 2.